The number of fused-ring (bicyclic) bond motifs is 1. The summed E-state index contributed by atoms with van der Waals surface area (Å²) in [5, 5.41) is 0. The molecule has 8 heteroatoms. The molecule has 138 valence electrons. The Hall–Kier alpha value is -1.96. The topological polar surface area (TPSA) is 58.8 Å². The molecule has 2 aliphatic rings. The Bertz CT molecular complexity index is 655. The lowest BCUT2D eigenvalue weighted by atomic mass is 9.86. The molecule has 1 aromatic carbocycles. The number of benzene rings is 1. The Balaban J connectivity index is 1.63. The van der Waals surface area contributed by atoms with Gasteiger partial charge in [0.1, 0.15) is 5.75 Å². The number of hydrogen-bond donors (Lipinski definition) is 1. The molecule has 1 unspecified atom stereocenters. The Kier molecular flexibility index (Phi) is 4.81. The number of carbonyl (C=O) groups is 1. The zero-order valence-electron chi connectivity index (χ0n) is 14.1. The van der Waals surface area contributed by atoms with Gasteiger partial charge in [-0.25, -0.2) is 0 Å². The highest BCUT2D eigenvalue weighted by atomic mass is 19.4. The molecule has 0 bridgehead atoms. The van der Waals surface area contributed by atoms with E-state index in [9.17, 15) is 18.0 Å². The van der Waals surface area contributed by atoms with E-state index >= 15 is 0 Å². The van der Waals surface area contributed by atoms with Gasteiger partial charge in [-0.15, -0.1) is 0 Å². The van der Waals surface area contributed by atoms with E-state index in [1.165, 1.54) is 11.1 Å². The minimum atomic E-state index is -4.79. The summed E-state index contributed by atoms with van der Waals surface area (Å²) in [6.45, 7) is 1.17. The normalized spacial score (nSPS) is 21.8. The van der Waals surface area contributed by atoms with E-state index in [1.54, 1.807) is 7.11 Å². The van der Waals surface area contributed by atoms with Gasteiger partial charge in [0.15, 0.2) is 0 Å². The number of ether oxygens (including phenoxy) is 1. The average molecular weight is 357 g/mol. The van der Waals surface area contributed by atoms with Crippen LogP contribution < -0.4 is 10.5 Å². The van der Waals surface area contributed by atoms with Gasteiger partial charge in [-0.2, -0.15) is 13.2 Å². The quantitative estimate of drug-likeness (QED) is 0.821. The lowest BCUT2D eigenvalue weighted by Gasteiger charge is -2.41. The second-order valence-corrected chi connectivity index (χ2v) is 6.59. The highest BCUT2D eigenvalue weighted by Crippen LogP contribution is 2.32. The first-order chi connectivity index (χ1) is 11.8. The van der Waals surface area contributed by atoms with Crippen LogP contribution in [0.5, 0.6) is 5.75 Å². The third kappa shape index (κ3) is 3.68. The molecule has 1 aliphatic carbocycles. The van der Waals surface area contributed by atoms with Crippen molar-refractivity contribution in [2.24, 2.45) is 0 Å². The molecule has 2 N–H and O–H groups in total. The lowest BCUT2D eigenvalue weighted by Crippen LogP contribution is -2.55. The van der Waals surface area contributed by atoms with Crippen molar-refractivity contribution in [2.45, 2.75) is 31.5 Å². The molecule has 3 rings (SSSR count). The molecule has 0 spiro atoms. The second kappa shape index (κ2) is 6.74. The lowest BCUT2D eigenvalue weighted by molar-refractivity contribution is -0.187. The Morgan fingerprint density at radius 2 is 1.88 bits per heavy atom. The summed E-state index contributed by atoms with van der Waals surface area (Å²) in [5.41, 5.74) is 8.96. The highest BCUT2D eigenvalue weighted by molar-refractivity contribution is 5.81. The summed E-state index contributed by atoms with van der Waals surface area (Å²) >= 11 is 0. The fourth-order valence-electron chi connectivity index (χ4n) is 3.74. The standard InChI is InChI=1S/C17H22F3N3O2/c1-25-15-10-12-8-13(3-2-11(12)9-14(15)21)22-4-6-23(7-5-22)16(24)17(18,19)20/h9-10,13H,2-8,21H2,1H3. The monoisotopic (exact) mass is 357 g/mol. The van der Waals surface area contributed by atoms with Crippen LogP contribution in [0.4, 0.5) is 18.9 Å². The Morgan fingerprint density at radius 3 is 2.48 bits per heavy atom. The predicted octanol–water partition coefficient (Wildman–Crippen LogP) is 1.84. The van der Waals surface area contributed by atoms with E-state index in [0.717, 1.165) is 24.2 Å². The van der Waals surface area contributed by atoms with Crippen LogP contribution in [0.3, 0.4) is 0 Å². The summed E-state index contributed by atoms with van der Waals surface area (Å²) in [4.78, 5) is 14.4. The first-order valence-electron chi connectivity index (χ1n) is 8.35. The van der Waals surface area contributed by atoms with Crippen LogP contribution in [0.2, 0.25) is 0 Å². The van der Waals surface area contributed by atoms with Crippen molar-refractivity contribution in [3.63, 3.8) is 0 Å². The van der Waals surface area contributed by atoms with Crippen molar-refractivity contribution < 1.29 is 22.7 Å². The fraction of sp³-hybridized carbons (Fsp3) is 0.588. The van der Waals surface area contributed by atoms with Crippen LogP contribution in [-0.4, -0.2) is 61.2 Å². The van der Waals surface area contributed by atoms with Crippen molar-refractivity contribution in [2.75, 3.05) is 39.0 Å². The summed E-state index contributed by atoms with van der Waals surface area (Å²) in [6.07, 6.45) is -2.15. The molecule has 1 aromatic rings. The number of methoxy groups -OCH3 is 1. The van der Waals surface area contributed by atoms with Crippen LogP contribution in [0.1, 0.15) is 17.5 Å². The minimum absolute atomic E-state index is 0.118. The number of carbonyl (C=O) groups excluding carboxylic acids is 1. The van der Waals surface area contributed by atoms with Crippen LogP contribution in [0.25, 0.3) is 0 Å². The van der Waals surface area contributed by atoms with Crippen LogP contribution in [-0.2, 0) is 17.6 Å². The Morgan fingerprint density at radius 1 is 1.20 bits per heavy atom. The van der Waals surface area contributed by atoms with Gasteiger partial charge in [-0.3, -0.25) is 9.69 Å². The number of rotatable bonds is 2. The number of anilines is 1. The van der Waals surface area contributed by atoms with Crippen molar-refractivity contribution in [3.8, 4) is 5.75 Å². The maximum Gasteiger partial charge on any atom is 0.471 e. The Labute approximate surface area is 144 Å². The van der Waals surface area contributed by atoms with E-state index in [1.807, 2.05) is 12.1 Å². The van der Waals surface area contributed by atoms with E-state index in [2.05, 4.69) is 4.90 Å². The number of alkyl halides is 3. The maximum atomic E-state index is 12.5. The van der Waals surface area contributed by atoms with Crippen LogP contribution in [0.15, 0.2) is 12.1 Å². The van der Waals surface area contributed by atoms with Gasteiger partial charge in [-0.05, 0) is 42.5 Å². The van der Waals surface area contributed by atoms with Gasteiger partial charge in [-0.1, -0.05) is 0 Å². The van der Waals surface area contributed by atoms with E-state index in [4.69, 9.17) is 10.5 Å². The molecule has 0 saturated carbocycles. The van der Waals surface area contributed by atoms with Crippen LogP contribution >= 0.6 is 0 Å². The SMILES string of the molecule is COc1cc2c(cc1N)CCC(N1CCN(C(=O)C(F)(F)F)CC1)C2. The second-order valence-electron chi connectivity index (χ2n) is 6.59. The van der Waals surface area contributed by atoms with Gasteiger partial charge in [0.25, 0.3) is 0 Å². The zero-order valence-corrected chi connectivity index (χ0v) is 14.1. The van der Waals surface area contributed by atoms with Gasteiger partial charge in [0.2, 0.25) is 0 Å². The van der Waals surface area contributed by atoms with Crippen molar-refractivity contribution in [3.05, 3.63) is 23.3 Å². The maximum absolute atomic E-state index is 12.5. The minimum Gasteiger partial charge on any atom is -0.495 e. The fourth-order valence-corrected chi connectivity index (χ4v) is 3.74. The van der Waals surface area contributed by atoms with Gasteiger partial charge < -0.3 is 15.4 Å². The molecule has 0 radical (unpaired) electrons. The average Bonchev–Trinajstić information content (AvgIpc) is 2.59. The smallest absolute Gasteiger partial charge is 0.471 e. The van der Waals surface area contributed by atoms with E-state index in [-0.39, 0.29) is 19.1 Å². The molecule has 1 fully saturated rings. The first-order valence-corrected chi connectivity index (χ1v) is 8.35. The van der Waals surface area contributed by atoms with Crippen molar-refractivity contribution >= 4 is 11.6 Å². The highest BCUT2D eigenvalue weighted by Gasteiger charge is 2.43. The summed E-state index contributed by atoms with van der Waals surface area (Å²) in [6, 6.07) is 4.17. The van der Waals surface area contributed by atoms with Gasteiger partial charge >= 0.3 is 12.1 Å². The third-order valence-corrected chi connectivity index (χ3v) is 5.11. The van der Waals surface area contributed by atoms with E-state index in [0.29, 0.717) is 24.5 Å². The molecular weight excluding hydrogens is 335 g/mol. The number of piperazine rings is 1. The molecule has 5 nitrogen and oxygen atoms in total. The summed E-state index contributed by atoms with van der Waals surface area (Å²) in [5.74, 6) is -1.08. The zero-order chi connectivity index (χ0) is 18.2. The van der Waals surface area contributed by atoms with Crippen molar-refractivity contribution in [1.29, 1.82) is 0 Å². The number of hydrogen-bond acceptors (Lipinski definition) is 4. The molecule has 25 heavy (non-hydrogen) atoms. The summed E-state index contributed by atoms with van der Waals surface area (Å²) in [7, 11) is 1.58. The third-order valence-electron chi connectivity index (χ3n) is 5.11. The molecule has 1 aliphatic heterocycles. The number of nitrogens with zero attached hydrogens (tertiary/aromatic N) is 2. The molecule has 1 heterocycles. The molecule has 1 atom stereocenters. The number of aryl methyl sites for hydroxylation is 1. The van der Waals surface area contributed by atoms with Crippen LogP contribution in [0, 0.1) is 0 Å². The number of nitrogen functional groups attached to an aromatic ring is 1. The van der Waals surface area contributed by atoms with E-state index < -0.39 is 12.1 Å². The summed E-state index contributed by atoms with van der Waals surface area (Å²) < 4.78 is 42.9. The molecule has 1 saturated heterocycles. The largest absolute Gasteiger partial charge is 0.495 e. The van der Waals surface area contributed by atoms with Crippen molar-refractivity contribution in [1.82, 2.24) is 9.80 Å². The molecule has 0 aromatic heterocycles. The number of amides is 1. The molecular formula is C17H22F3N3O2. The predicted molar refractivity (Wildman–Crippen MR) is 87.4 cm³/mol. The first kappa shape index (κ1) is 17.8. The van der Waals surface area contributed by atoms with Gasteiger partial charge in [0.05, 0.1) is 12.8 Å². The van der Waals surface area contributed by atoms with Gasteiger partial charge in [0, 0.05) is 32.2 Å². The number of halogens is 3. The molecule has 1 amide bonds. The number of nitrogens with two attached hydrogens (primary N) is 1.